The number of nitrogens with zero attached hydrogens (tertiary/aromatic N) is 2. The molecular formula is C16H24N4O6. The van der Waals surface area contributed by atoms with Crippen molar-refractivity contribution in [2.75, 3.05) is 19.6 Å². The number of hydrogen-bond donors (Lipinski definition) is 3. The highest BCUT2D eigenvalue weighted by Gasteiger charge is 2.22. The minimum Gasteiger partial charge on any atom is -0.480 e. The zero-order valence-electron chi connectivity index (χ0n) is 15.3. The summed E-state index contributed by atoms with van der Waals surface area (Å²) in [4.78, 5) is 61.4. The molecule has 0 aliphatic carbocycles. The normalized spacial score (nSPS) is 11.1. The van der Waals surface area contributed by atoms with Crippen LogP contribution in [0, 0.1) is 12.3 Å². The van der Waals surface area contributed by atoms with Crippen LogP contribution in [-0.4, -0.2) is 57.0 Å². The molecule has 3 N–H and O–H groups in total. The van der Waals surface area contributed by atoms with Crippen LogP contribution in [0.1, 0.15) is 26.3 Å². The molecule has 0 aliphatic rings. The molecule has 0 radical (unpaired) electrons. The molecular weight excluding hydrogens is 344 g/mol. The van der Waals surface area contributed by atoms with Crippen LogP contribution in [-0.2, 0) is 20.9 Å². The van der Waals surface area contributed by atoms with Crippen LogP contribution in [0.2, 0.25) is 0 Å². The van der Waals surface area contributed by atoms with E-state index in [-0.39, 0.29) is 24.6 Å². The van der Waals surface area contributed by atoms with Crippen LogP contribution >= 0.6 is 0 Å². The first-order valence-electron chi connectivity index (χ1n) is 8.00. The van der Waals surface area contributed by atoms with E-state index in [0.717, 1.165) is 9.47 Å². The molecule has 0 saturated carbocycles. The van der Waals surface area contributed by atoms with Gasteiger partial charge in [-0.05, 0) is 6.92 Å². The predicted octanol–water partition coefficient (Wildman–Crippen LogP) is -1.08. The van der Waals surface area contributed by atoms with Crippen molar-refractivity contribution in [1.82, 2.24) is 19.8 Å². The molecule has 0 atom stereocenters. The molecule has 1 aromatic heterocycles. The highest BCUT2D eigenvalue weighted by atomic mass is 16.4. The lowest BCUT2D eigenvalue weighted by Crippen LogP contribution is -2.45. The van der Waals surface area contributed by atoms with E-state index < -0.39 is 41.6 Å². The molecule has 1 rings (SSSR count). The van der Waals surface area contributed by atoms with E-state index in [1.54, 1.807) is 20.8 Å². The number of carboxylic acids is 1. The molecule has 10 nitrogen and oxygen atoms in total. The fraction of sp³-hybridized carbons (Fsp3) is 0.562. The first-order chi connectivity index (χ1) is 11.9. The average Bonchev–Trinajstić information content (AvgIpc) is 2.50. The topological polar surface area (TPSA) is 142 Å². The number of H-pyrrole nitrogens is 1. The Hall–Kier alpha value is -2.91. The Balaban J connectivity index is 2.82. The number of aromatic amines is 1. The molecule has 0 spiro atoms. The molecule has 26 heavy (non-hydrogen) atoms. The van der Waals surface area contributed by atoms with Crippen molar-refractivity contribution in [3.63, 3.8) is 0 Å². The van der Waals surface area contributed by atoms with Gasteiger partial charge in [-0.1, -0.05) is 20.8 Å². The van der Waals surface area contributed by atoms with E-state index in [4.69, 9.17) is 5.11 Å². The number of nitrogens with one attached hydrogen (secondary N) is 2. The summed E-state index contributed by atoms with van der Waals surface area (Å²) < 4.78 is 1.00. The number of carbonyl (C=O) groups is 3. The highest BCUT2D eigenvalue weighted by molar-refractivity contribution is 5.82. The summed E-state index contributed by atoms with van der Waals surface area (Å²) in [7, 11) is 0. The van der Waals surface area contributed by atoms with Gasteiger partial charge in [-0.15, -0.1) is 0 Å². The molecule has 0 aliphatic heterocycles. The van der Waals surface area contributed by atoms with Crippen LogP contribution in [0.5, 0.6) is 0 Å². The molecule has 0 bridgehead atoms. The Morgan fingerprint density at radius 1 is 1.27 bits per heavy atom. The van der Waals surface area contributed by atoms with E-state index in [1.807, 2.05) is 0 Å². The fourth-order valence-corrected chi connectivity index (χ4v) is 2.01. The Bertz CT molecular complexity index is 802. The lowest BCUT2D eigenvalue weighted by Gasteiger charge is -2.23. The van der Waals surface area contributed by atoms with Crippen LogP contribution < -0.4 is 16.6 Å². The van der Waals surface area contributed by atoms with Crippen molar-refractivity contribution in [3.8, 4) is 0 Å². The number of aryl methyl sites for hydroxylation is 1. The number of hydrogen-bond acceptors (Lipinski definition) is 5. The van der Waals surface area contributed by atoms with Gasteiger partial charge >= 0.3 is 11.7 Å². The van der Waals surface area contributed by atoms with Crippen molar-refractivity contribution >= 4 is 17.8 Å². The minimum absolute atomic E-state index is 0.0238. The number of rotatable bonds is 7. The van der Waals surface area contributed by atoms with Gasteiger partial charge in [0.05, 0.1) is 0 Å². The average molecular weight is 368 g/mol. The Morgan fingerprint density at radius 3 is 2.42 bits per heavy atom. The largest absolute Gasteiger partial charge is 0.480 e. The maximum absolute atomic E-state index is 12.4. The second-order valence-corrected chi connectivity index (χ2v) is 6.91. The SMILES string of the molecule is Cc1cn(CC(=O)N(CCNC(=O)C(C)(C)C)CC(=O)O)c(=O)[nH]c1=O. The summed E-state index contributed by atoms with van der Waals surface area (Å²) in [6.45, 7) is 5.74. The van der Waals surface area contributed by atoms with E-state index in [1.165, 1.54) is 13.1 Å². The van der Waals surface area contributed by atoms with Gasteiger partial charge in [-0.2, -0.15) is 0 Å². The molecule has 0 saturated heterocycles. The summed E-state index contributed by atoms with van der Waals surface area (Å²) in [5.74, 6) is -2.07. The van der Waals surface area contributed by atoms with Gasteiger partial charge in [0.2, 0.25) is 11.8 Å². The van der Waals surface area contributed by atoms with Crippen LogP contribution in [0.3, 0.4) is 0 Å². The van der Waals surface area contributed by atoms with E-state index in [9.17, 15) is 24.0 Å². The van der Waals surface area contributed by atoms with Gasteiger partial charge < -0.3 is 15.3 Å². The second-order valence-electron chi connectivity index (χ2n) is 6.91. The van der Waals surface area contributed by atoms with Gasteiger partial charge in [-0.3, -0.25) is 28.7 Å². The van der Waals surface area contributed by atoms with Crippen LogP contribution in [0.4, 0.5) is 0 Å². The first kappa shape index (κ1) is 21.1. The maximum atomic E-state index is 12.4. The Morgan fingerprint density at radius 2 is 1.88 bits per heavy atom. The zero-order valence-corrected chi connectivity index (χ0v) is 15.3. The summed E-state index contributed by atoms with van der Waals surface area (Å²) in [5.41, 5.74) is -1.67. The molecule has 144 valence electrons. The first-order valence-corrected chi connectivity index (χ1v) is 8.00. The van der Waals surface area contributed by atoms with Crippen LogP contribution in [0.25, 0.3) is 0 Å². The summed E-state index contributed by atoms with van der Waals surface area (Å²) in [5, 5.41) is 11.6. The van der Waals surface area contributed by atoms with Crippen molar-refractivity contribution in [2.24, 2.45) is 5.41 Å². The van der Waals surface area contributed by atoms with Gasteiger partial charge in [0.15, 0.2) is 0 Å². The molecule has 2 amide bonds. The maximum Gasteiger partial charge on any atom is 0.328 e. The van der Waals surface area contributed by atoms with E-state index >= 15 is 0 Å². The number of carbonyl (C=O) groups excluding carboxylic acids is 2. The van der Waals surface area contributed by atoms with E-state index in [2.05, 4.69) is 10.3 Å². The standard InChI is InChI=1S/C16H24N4O6/c1-10-7-20(15(26)18-13(10)24)8-11(21)19(9-12(22)23)6-5-17-14(25)16(2,3)4/h7H,5-6,8-9H2,1-4H3,(H,17,25)(H,22,23)(H,18,24,26). The Labute approximate surface area is 149 Å². The lowest BCUT2D eigenvalue weighted by atomic mass is 9.96. The van der Waals surface area contributed by atoms with Gasteiger partial charge in [0.1, 0.15) is 13.1 Å². The van der Waals surface area contributed by atoms with Gasteiger partial charge in [-0.25, -0.2) is 4.79 Å². The van der Waals surface area contributed by atoms with Crippen molar-refractivity contribution in [1.29, 1.82) is 0 Å². The molecule has 10 heteroatoms. The third-order valence-corrected chi connectivity index (χ3v) is 3.52. The third-order valence-electron chi connectivity index (χ3n) is 3.52. The third kappa shape index (κ3) is 6.19. The number of aromatic nitrogens is 2. The number of carboxylic acid groups (broad SMARTS) is 1. The van der Waals surface area contributed by atoms with Crippen molar-refractivity contribution in [3.05, 3.63) is 32.6 Å². The summed E-state index contributed by atoms with van der Waals surface area (Å²) in [6.07, 6.45) is 1.24. The molecule has 0 aromatic carbocycles. The van der Waals surface area contributed by atoms with Crippen molar-refractivity contribution in [2.45, 2.75) is 34.2 Å². The second kappa shape index (κ2) is 8.45. The summed E-state index contributed by atoms with van der Waals surface area (Å²) in [6, 6.07) is 0. The monoisotopic (exact) mass is 368 g/mol. The summed E-state index contributed by atoms with van der Waals surface area (Å²) >= 11 is 0. The lowest BCUT2D eigenvalue weighted by molar-refractivity contribution is -0.144. The van der Waals surface area contributed by atoms with Gasteiger partial charge in [0.25, 0.3) is 5.56 Å². The molecule has 1 aromatic rings. The van der Waals surface area contributed by atoms with Crippen LogP contribution in [0.15, 0.2) is 15.8 Å². The molecule has 0 fully saturated rings. The Kier molecular flexibility index (Phi) is 6.87. The predicted molar refractivity (Wildman–Crippen MR) is 92.7 cm³/mol. The van der Waals surface area contributed by atoms with E-state index in [0.29, 0.717) is 0 Å². The smallest absolute Gasteiger partial charge is 0.328 e. The molecule has 0 unspecified atom stereocenters. The number of amides is 2. The minimum atomic E-state index is -1.22. The highest BCUT2D eigenvalue weighted by Crippen LogP contribution is 2.11. The fourth-order valence-electron chi connectivity index (χ4n) is 2.01. The quantitative estimate of drug-likeness (QED) is 0.559. The zero-order chi connectivity index (χ0) is 20.1. The van der Waals surface area contributed by atoms with Crippen molar-refractivity contribution < 1.29 is 19.5 Å². The number of aliphatic carboxylic acids is 1. The molecule has 1 heterocycles. The van der Waals surface area contributed by atoms with Gasteiger partial charge in [0, 0.05) is 30.3 Å².